The van der Waals surface area contributed by atoms with Gasteiger partial charge in [0.05, 0.1) is 25.4 Å². The van der Waals surface area contributed by atoms with Crippen LogP contribution in [0.5, 0.6) is 0 Å². The van der Waals surface area contributed by atoms with Crippen LogP contribution in [-0.2, 0) is 25.6 Å². The third-order valence-corrected chi connectivity index (χ3v) is 4.61. The molecule has 2 saturated heterocycles. The molecule has 3 rings (SSSR count). The van der Waals surface area contributed by atoms with Gasteiger partial charge in [-0.2, -0.15) is 0 Å². The van der Waals surface area contributed by atoms with Crippen molar-refractivity contribution in [3.63, 3.8) is 0 Å². The Balaban J connectivity index is 1.71. The van der Waals surface area contributed by atoms with Crippen molar-refractivity contribution in [2.24, 2.45) is 0 Å². The highest BCUT2D eigenvalue weighted by Crippen LogP contribution is 2.52. The number of esters is 1. The highest BCUT2D eigenvalue weighted by molar-refractivity contribution is 5.80. The Kier molecular flexibility index (Phi) is 3.50. The molecular formula is C16H19FO4. The van der Waals surface area contributed by atoms with Crippen molar-refractivity contribution in [3.8, 4) is 0 Å². The summed E-state index contributed by atoms with van der Waals surface area (Å²) in [6, 6.07) is 6.53. The van der Waals surface area contributed by atoms with E-state index in [9.17, 15) is 9.18 Å². The molecule has 2 bridgehead atoms. The number of hydrogen-bond donors (Lipinski definition) is 0. The van der Waals surface area contributed by atoms with Crippen LogP contribution in [0.1, 0.15) is 31.7 Å². The van der Waals surface area contributed by atoms with E-state index in [2.05, 4.69) is 0 Å². The molecule has 4 nitrogen and oxygen atoms in total. The molecule has 2 heterocycles. The summed E-state index contributed by atoms with van der Waals surface area (Å²) in [5.74, 6) is -0.627. The van der Waals surface area contributed by atoms with Gasteiger partial charge in [0.25, 0.3) is 0 Å². The van der Waals surface area contributed by atoms with Crippen LogP contribution < -0.4 is 0 Å². The lowest BCUT2D eigenvalue weighted by Crippen LogP contribution is -2.40. The van der Waals surface area contributed by atoms with Crippen LogP contribution in [0.3, 0.4) is 0 Å². The Morgan fingerprint density at radius 1 is 1.43 bits per heavy atom. The third kappa shape index (κ3) is 2.34. The lowest BCUT2D eigenvalue weighted by Gasteiger charge is -2.29. The van der Waals surface area contributed by atoms with Gasteiger partial charge in [-0.15, -0.1) is 0 Å². The first kappa shape index (κ1) is 14.5. The maximum atomic E-state index is 13.6. The van der Waals surface area contributed by atoms with E-state index in [-0.39, 0.29) is 24.5 Å². The van der Waals surface area contributed by atoms with Crippen LogP contribution in [-0.4, -0.2) is 30.4 Å². The number of halogens is 1. The van der Waals surface area contributed by atoms with Crippen LogP contribution in [0.15, 0.2) is 24.3 Å². The zero-order chi connectivity index (χ0) is 15.1. The van der Waals surface area contributed by atoms with Crippen LogP contribution in [0.25, 0.3) is 0 Å². The minimum absolute atomic E-state index is 0.174. The molecule has 3 unspecified atom stereocenters. The summed E-state index contributed by atoms with van der Waals surface area (Å²) < 4.78 is 30.3. The van der Waals surface area contributed by atoms with Crippen LogP contribution in [0, 0.1) is 5.82 Å². The van der Waals surface area contributed by atoms with Gasteiger partial charge in [-0.25, -0.2) is 9.18 Å². The molecule has 0 N–H and O–H groups in total. The van der Waals surface area contributed by atoms with Crippen molar-refractivity contribution < 1.29 is 23.4 Å². The van der Waals surface area contributed by atoms with E-state index >= 15 is 0 Å². The minimum atomic E-state index is -0.886. The average Bonchev–Trinajstić information content (AvgIpc) is 2.97. The highest BCUT2D eigenvalue weighted by atomic mass is 19.1. The second-order valence-electron chi connectivity index (χ2n) is 6.00. The highest BCUT2D eigenvalue weighted by Gasteiger charge is 2.63. The Morgan fingerprint density at radius 2 is 2.19 bits per heavy atom. The average molecular weight is 294 g/mol. The molecule has 0 saturated carbocycles. The van der Waals surface area contributed by atoms with Gasteiger partial charge in [0, 0.05) is 12.0 Å². The smallest absolute Gasteiger partial charge is 0.338 e. The van der Waals surface area contributed by atoms with Crippen molar-refractivity contribution in [1.29, 1.82) is 0 Å². The Bertz CT molecular complexity index is 561. The molecule has 1 aromatic rings. The quantitative estimate of drug-likeness (QED) is 0.801. The predicted molar refractivity (Wildman–Crippen MR) is 73.1 cm³/mol. The lowest BCUT2D eigenvalue weighted by molar-refractivity contribution is -0.166. The first-order valence-corrected chi connectivity index (χ1v) is 7.13. The molecule has 2 aliphatic heterocycles. The largest absolute Gasteiger partial charge is 0.467 e. The number of ether oxygens (including phenoxy) is 3. The predicted octanol–water partition coefficient (Wildman–Crippen LogP) is 2.60. The van der Waals surface area contributed by atoms with Crippen molar-refractivity contribution in [3.05, 3.63) is 35.6 Å². The van der Waals surface area contributed by atoms with Crippen LogP contribution in [0.4, 0.5) is 4.39 Å². The van der Waals surface area contributed by atoms with E-state index in [1.807, 2.05) is 6.92 Å². The fourth-order valence-corrected chi connectivity index (χ4v) is 3.34. The minimum Gasteiger partial charge on any atom is -0.467 e. The first-order chi connectivity index (χ1) is 9.99. The summed E-state index contributed by atoms with van der Waals surface area (Å²) >= 11 is 0. The van der Waals surface area contributed by atoms with Gasteiger partial charge in [0.15, 0.2) is 5.60 Å². The van der Waals surface area contributed by atoms with Gasteiger partial charge in [0.2, 0.25) is 0 Å². The molecule has 0 aliphatic carbocycles. The fourth-order valence-electron chi connectivity index (χ4n) is 3.34. The Morgan fingerprint density at radius 3 is 2.90 bits per heavy atom. The van der Waals surface area contributed by atoms with E-state index in [0.29, 0.717) is 18.4 Å². The van der Waals surface area contributed by atoms with Crippen molar-refractivity contribution >= 4 is 5.97 Å². The third-order valence-electron chi connectivity index (χ3n) is 4.61. The molecule has 114 valence electrons. The molecule has 21 heavy (non-hydrogen) atoms. The van der Waals surface area contributed by atoms with E-state index in [4.69, 9.17) is 14.2 Å². The molecule has 3 atom stereocenters. The SMILES string of the molecule is COC(=O)C12CCC(C)(O1)C(OCc1ccccc1F)C2. The number of carbonyl (C=O) groups excluding carboxylic acids is 1. The number of hydrogen-bond acceptors (Lipinski definition) is 4. The molecule has 0 amide bonds. The summed E-state index contributed by atoms with van der Waals surface area (Å²) in [6.45, 7) is 2.12. The van der Waals surface area contributed by atoms with Gasteiger partial charge in [-0.3, -0.25) is 0 Å². The fraction of sp³-hybridized carbons (Fsp3) is 0.562. The lowest BCUT2D eigenvalue weighted by atomic mass is 9.80. The second kappa shape index (κ2) is 5.07. The van der Waals surface area contributed by atoms with Gasteiger partial charge < -0.3 is 14.2 Å². The first-order valence-electron chi connectivity index (χ1n) is 7.13. The maximum Gasteiger partial charge on any atom is 0.338 e. The van der Waals surface area contributed by atoms with E-state index in [1.165, 1.54) is 13.2 Å². The number of carbonyl (C=O) groups is 1. The molecule has 1 aromatic carbocycles. The van der Waals surface area contributed by atoms with Gasteiger partial charge in [0.1, 0.15) is 5.82 Å². The standard InChI is InChI=1S/C16H19FO4/c1-15-7-8-16(21-15,14(18)19-2)9-13(15)20-10-11-5-3-4-6-12(11)17/h3-6,13H,7-10H2,1-2H3. The normalized spacial score (nSPS) is 34.1. The zero-order valence-corrected chi connectivity index (χ0v) is 12.2. The summed E-state index contributed by atoms with van der Waals surface area (Å²) in [6.07, 6.45) is 1.62. The van der Waals surface area contributed by atoms with Crippen molar-refractivity contribution in [2.45, 2.75) is 50.1 Å². The second-order valence-corrected chi connectivity index (χ2v) is 6.00. The Hall–Kier alpha value is -1.46. The van der Waals surface area contributed by atoms with Crippen LogP contribution in [0.2, 0.25) is 0 Å². The zero-order valence-electron chi connectivity index (χ0n) is 12.2. The number of rotatable bonds is 4. The topological polar surface area (TPSA) is 44.8 Å². The maximum absolute atomic E-state index is 13.6. The monoisotopic (exact) mass is 294 g/mol. The summed E-state index contributed by atoms with van der Waals surface area (Å²) in [5, 5.41) is 0. The van der Waals surface area contributed by atoms with Crippen molar-refractivity contribution in [2.75, 3.05) is 7.11 Å². The molecular weight excluding hydrogens is 275 g/mol. The Labute approximate surface area is 123 Å². The van der Waals surface area contributed by atoms with E-state index < -0.39 is 11.2 Å². The van der Waals surface area contributed by atoms with Crippen molar-refractivity contribution in [1.82, 2.24) is 0 Å². The molecule has 2 fully saturated rings. The molecule has 0 spiro atoms. The summed E-state index contributed by atoms with van der Waals surface area (Å²) in [4.78, 5) is 11.9. The molecule has 0 aromatic heterocycles. The van der Waals surface area contributed by atoms with Crippen LogP contribution >= 0.6 is 0 Å². The molecule has 2 aliphatic rings. The van der Waals surface area contributed by atoms with E-state index in [0.717, 1.165) is 6.42 Å². The molecule has 0 radical (unpaired) electrons. The van der Waals surface area contributed by atoms with Gasteiger partial charge >= 0.3 is 5.97 Å². The van der Waals surface area contributed by atoms with Gasteiger partial charge in [-0.1, -0.05) is 18.2 Å². The number of benzene rings is 1. The molecule has 5 heteroatoms. The van der Waals surface area contributed by atoms with E-state index in [1.54, 1.807) is 18.2 Å². The van der Waals surface area contributed by atoms with Gasteiger partial charge in [-0.05, 0) is 25.8 Å². The number of methoxy groups -OCH3 is 1. The summed E-state index contributed by atoms with van der Waals surface area (Å²) in [7, 11) is 1.36. The summed E-state index contributed by atoms with van der Waals surface area (Å²) in [5.41, 5.74) is -0.876. The number of fused-ring (bicyclic) bond motifs is 2.